The molecule has 0 saturated heterocycles. The number of aromatic nitrogens is 16. The van der Waals surface area contributed by atoms with Crippen molar-refractivity contribution in [2.24, 2.45) is 5.92 Å². The van der Waals surface area contributed by atoms with Crippen molar-refractivity contribution in [3.63, 3.8) is 0 Å². The molecule has 0 radical (unpaired) electrons. The number of carbonyl (C=O) groups is 4. The van der Waals surface area contributed by atoms with Crippen LogP contribution in [0, 0.1) is 19.8 Å². The summed E-state index contributed by atoms with van der Waals surface area (Å²) in [6.07, 6.45) is 22.2. The molecule has 5 saturated carbocycles. The molecule has 12 aromatic rings. The van der Waals surface area contributed by atoms with Crippen LogP contribution in [0.5, 0.6) is 23.0 Å². The van der Waals surface area contributed by atoms with Crippen LogP contribution in [0.1, 0.15) is 375 Å². The predicted molar refractivity (Wildman–Crippen MR) is 553 cm³/mol. The Balaban J connectivity index is 0.000000159. The fourth-order valence-electron chi connectivity index (χ4n) is 19.9. The molecule has 12 N–H and O–H groups in total. The highest BCUT2D eigenvalue weighted by molar-refractivity contribution is 5.73. The molecule has 5 aliphatic carbocycles. The molecule has 0 spiro atoms. The molecule has 32 heteroatoms. The molecule has 2 atom stereocenters. The Morgan fingerprint density at radius 2 is 0.852 bits per heavy atom. The number of H-pyrrole nitrogens is 4. The van der Waals surface area contributed by atoms with E-state index in [1.165, 1.54) is 120 Å². The topological polar surface area (TPSA) is 418 Å². The predicted octanol–water partition coefficient (Wildman–Crippen LogP) is 20.3. The standard InChI is InChI=1S/C31H47N5O3.C28H41N5O3.C27H37N5O3.C24H35N5O3/c1-29(2,3)25-19-26-33-34-28(36(26)35-25)30(4,5)31(6,7)32-20-23-18-22(21-12-9-8-10-13-21)15-16-24(23)39-17-11-14-27(37)38;1-5-22(27(34)35)36-23-14-13-20(19-10-7-6-8-11-19)16-21(23)18-29-15-9-12-25-30-31-26-17-24(28(2,3)4)32-33(25)26;1-17-5-6-21(35-18(2)24(33)34)20(13-17)15-28-16-26(3,4)25-30-29-23-14-22(31-32(23)25)27-10-7-19(8-11-27)9-12-27;1-16-9-10-18(32-11-7-8-21(30)31)17(12-16)14-25-15-24(5,6)22-27-26-20-13-19(23(2,3)4)28-29(20)22/h15-16,18-19,21,32,35H,8-14,17,20H2,1-7H3,(H,37,38);13-14,16-17,19,22,29,32H,5-12,15,18H2,1-4H3,(H,34,35);5-6,13-14,18-19,28,31H,7-12,15-16H2,1-4H3,(H,33,34);9-10,12-13,25,28H,7-8,11,14-15H2,1-6H3,(H,30,31). The van der Waals surface area contributed by atoms with E-state index in [1.54, 1.807) is 6.92 Å². The molecule has 772 valence electrons. The zero-order valence-corrected chi connectivity index (χ0v) is 88.2. The molecule has 5 aliphatic rings. The maximum atomic E-state index is 11.6. The summed E-state index contributed by atoms with van der Waals surface area (Å²) in [5, 5.41) is 101. The van der Waals surface area contributed by atoms with Crippen LogP contribution in [0.2, 0.25) is 0 Å². The molecular weight excluding hydrogens is 1790 g/mol. The maximum absolute atomic E-state index is 11.6. The second kappa shape index (κ2) is 46.1. The Bertz CT molecular complexity index is 6190. The van der Waals surface area contributed by atoms with Crippen LogP contribution in [-0.2, 0) is 89.7 Å². The number of carboxylic acid groups (broad SMARTS) is 4. The van der Waals surface area contributed by atoms with Gasteiger partial charge in [-0.2, -0.15) is 0 Å². The van der Waals surface area contributed by atoms with E-state index in [9.17, 15) is 29.4 Å². The Hall–Kier alpha value is -11.5. The summed E-state index contributed by atoms with van der Waals surface area (Å²) >= 11 is 0. The smallest absolute Gasteiger partial charge is 0.344 e. The zero-order chi connectivity index (χ0) is 102. The first-order valence-corrected chi connectivity index (χ1v) is 51.8. The van der Waals surface area contributed by atoms with Gasteiger partial charge in [0.2, 0.25) is 0 Å². The number of fused-ring (bicyclic) bond motifs is 7. The number of aromatic amines is 4. The minimum absolute atomic E-state index is 0.00635. The number of carboxylic acids is 4. The van der Waals surface area contributed by atoms with Gasteiger partial charge in [-0.05, 0) is 184 Å². The van der Waals surface area contributed by atoms with E-state index in [0.29, 0.717) is 95.1 Å². The van der Waals surface area contributed by atoms with Crippen molar-refractivity contribution in [1.29, 1.82) is 0 Å². The van der Waals surface area contributed by atoms with Crippen molar-refractivity contribution >= 4 is 46.5 Å². The summed E-state index contributed by atoms with van der Waals surface area (Å²) in [7, 11) is 0. The Kier molecular flexibility index (Phi) is 35.0. The summed E-state index contributed by atoms with van der Waals surface area (Å²) in [6.45, 7) is 49.9. The number of nitrogens with zero attached hydrogens (tertiary/aromatic N) is 12. The second-order valence-electron chi connectivity index (χ2n) is 45.8. The van der Waals surface area contributed by atoms with E-state index in [2.05, 4.69) is 265 Å². The summed E-state index contributed by atoms with van der Waals surface area (Å²) in [5.74, 6) is 5.08. The van der Waals surface area contributed by atoms with Gasteiger partial charge in [-0.3, -0.25) is 30.0 Å². The number of aryl methyl sites for hydroxylation is 3. The van der Waals surface area contributed by atoms with Crippen LogP contribution in [0.4, 0.5) is 0 Å². The van der Waals surface area contributed by atoms with Crippen molar-refractivity contribution in [2.45, 2.75) is 387 Å². The van der Waals surface area contributed by atoms with Crippen molar-refractivity contribution < 1.29 is 58.6 Å². The van der Waals surface area contributed by atoms with Gasteiger partial charge in [0.1, 0.15) is 23.0 Å². The van der Waals surface area contributed by atoms with Crippen LogP contribution >= 0.6 is 0 Å². The van der Waals surface area contributed by atoms with Gasteiger partial charge in [0.15, 0.2) is 58.1 Å². The Morgan fingerprint density at radius 3 is 1.33 bits per heavy atom. The Labute approximate surface area is 837 Å². The first-order chi connectivity index (χ1) is 67.2. The fraction of sp³-hybridized carbons (Fsp3) is 0.600. The van der Waals surface area contributed by atoms with E-state index in [0.717, 1.165) is 133 Å². The largest absolute Gasteiger partial charge is 0.493 e. The molecule has 0 amide bonds. The molecule has 0 aliphatic heterocycles. The van der Waals surface area contributed by atoms with Gasteiger partial charge in [-0.15, -0.1) is 40.8 Å². The van der Waals surface area contributed by atoms with Gasteiger partial charge in [0.05, 0.1) is 13.2 Å². The van der Waals surface area contributed by atoms with E-state index in [-0.39, 0.29) is 56.3 Å². The lowest BCUT2D eigenvalue weighted by Gasteiger charge is -2.46. The van der Waals surface area contributed by atoms with Crippen LogP contribution in [-0.4, -0.2) is 174 Å². The molecule has 4 aromatic carbocycles. The van der Waals surface area contributed by atoms with Gasteiger partial charge in [0.25, 0.3) is 0 Å². The summed E-state index contributed by atoms with van der Waals surface area (Å²) < 4.78 is 31.6. The average molecular weight is 1950 g/mol. The average Bonchev–Trinajstić information content (AvgIpc) is 1.58. The molecule has 142 heavy (non-hydrogen) atoms. The van der Waals surface area contributed by atoms with Crippen LogP contribution in [0.3, 0.4) is 0 Å². The monoisotopic (exact) mass is 1950 g/mol. The minimum atomic E-state index is -0.979. The second-order valence-corrected chi connectivity index (χ2v) is 45.8. The zero-order valence-electron chi connectivity index (χ0n) is 88.2. The number of rotatable bonds is 41. The molecule has 2 unspecified atom stereocenters. The van der Waals surface area contributed by atoms with E-state index >= 15 is 0 Å². The van der Waals surface area contributed by atoms with Crippen molar-refractivity contribution in [3.8, 4) is 23.0 Å². The highest BCUT2D eigenvalue weighted by Crippen LogP contribution is 2.52. The van der Waals surface area contributed by atoms with Crippen LogP contribution < -0.4 is 40.2 Å². The molecule has 8 aromatic heterocycles. The number of aliphatic carboxylic acids is 4. The van der Waals surface area contributed by atoms with E-state index in [1.807, 2.05) is 70.7 Å². The summed E-state index contributed by atoms with van der Waals surface area (Å²) in [5.41, 5.74) is 16.3. The van der Waals surface area contributed by atoms with Crippen molar-refractivity contribution in [3.05, 3.63) is 188 Å². The number of hydrogen-bond acceptors (Lipinski definition) is 20. The first-order valence-electron chi connectivity index (χ1n) is 51.8. The lowest BCUT2D eigenvalue weighted by Crippen LogP contribution is -2.54. The molecule has 32 nitrogen and oxygen atoms in total. The van der Waals surface area contributed by atoms with Gasteiger partial charge in [-0.25, -0.2) is 27.7 Å². The Morgan fingerprint density at radius 1 is 0.444 bits per heavy atom. The minimum Gasteiger partial charge on any atom is -0.493 e. The third-order valence-electron chi connectivity index (χ3n) is 29.7. The number of benzene rings is 4. The first kappa shape index (κ1) is 108. The van der Waals surface area contributed by atoms with Crippen LogP contribution in [0.15, 0.2) is 97.1 Å². The normalized spacial score (nSPS) is 16.8. The molecule has 5 fully saturated rings. The molecule has 8 heterocycles. The number of ether oxygens (including phenoxy) is 4. The van der Waals surface area contributed by atoms with Gasteiger partial charge >= 0.3 is 23.9 Å². The number of hydrogen-bond donors (Lipinski definition) is 12. The highest BCUT2D eigenvalue weighted by atomic mass is 16.5. The van der Waals surface area contributed by atoms with Crippen LogP contribution in [0.25, 0.3) is 22.6 Å². The van der Waals surface area contributed by atoms with Crippen molar-refractivity contribution in [1.82, 2.24) is 101 Å². The third-order valence-corrected chi connectivity index (χ3v) is 29.7. The molecule has 2 bridgehead atoms. The third kappa shape index (κ3) is 27.1. The summed E-state index contributed by atoms with van der Waals surface area (Å²) in [6, 6.07) is 33.2. The van der Waals surface area contributed by atoms with Gasteiger partial charge in [-0.1, -0.05) is 209 Å². The maximum Gasteiger partial charge on any atom is 0.344 e. The van der Waals surface area contributed by atoms with Crippen molar-refractivity contribution in [2.75, 3.05) is 32.8 Å². The molecule has 17 rings (SSSR count). The lowest BCUT2D eigenvalue weighted by atomic mass is 9.59. The highest BCUT2D eigenvalue weighted by Gasteiger charge is 2.45. The van der Waals surface area contributed by atoms with Gasteiger partial charge in [0, 0.05) is 171 Å². The molecular formula is C110H160N20O12. The van der Waals surface area contributed by atoms with E-state index in [4.69, 9.17) is 29.2 Å². The quantitative estimate of drug-likeness (QED) is 0.0158. The number of nitrogens with one attached hydrogen (secondary N) is 8. The fourth-order valence-corrected chi connectivity index (χ4v) is 19.9. The SMILES string of the molecule is CC(C)(C)c1cc2nnc(C(C)(C)C(C)(C)NCc3cc(C4CCCCC4)ccc3OCCCC(=O)O)n2[nH]1.CCC(Oc1ccc(C2CCCCC2)cc1CNCCCc1nnc2cc(C(C)(C)C)[nH]n12)C(=O)O.Cc1ccc(OC(C)C(=O)O)c(CNCC(C)(C)c2nnc3cc(C45CCC(CC4)CC5)[nH]n23)c1.Cc1ccc(OCCCC(=O)O)c(CNCC(C)(C)c2nnc3cc(C(C)(C)C)[nH]n23)c1. The summed E-state index contributed by atoms with van der Waals surface area (Å²) in [4.78, 5) is 44.5. The van der Waals surface area contributed by atoms with Gasteiger partial charge < -0.3 is 60.6 Å². The van der Waals surface area contributed by atoms with E-state index < -0.39 is 36.1 Å². The lowest BCUT2D eigenvalue weighted by molar-refractivity contribution is -0.145.